The first-order valence-corrected chi connectivity index (χ1v) is 5.52. The summed E-state index contributed by atoms with van der Waals surface area (Å²) >= 11 is 0. The number of ether oxygens (including phenoxy) is 1. The van der Waals surface area contributed by atoms with E-state index in [2.05, 4.69) is 9.72 Å². The van der Waals surface area contributed by atoms with Crippen molar-refractivity contribution in [3.05, 3.63) is 32.6 Å². The van der Waals surface area contributed by atoms with E-state index in [1.807, 2.05) is 0 Å². The molecule has 0 spiro atoms. The van der Waals surface area contributed by atoms with Gasteiger partial charge in [-0.1, -0.05) is 0 Å². The summed E-state index contributed by atoms with van der Waals surface area (Å²) < 4.78 is 31.7. The predicted octanol–water partition coefficient (Wildman–Crippen LogP) is 0.501. The third-order valence-electron chi connectivity index (χ3n) is 2.68. The lowest BCUT2D eigenvalue weighted by Crippen LogP contribution is -2.47. The fraction of sp³-hybridized carbons (Fsp3) is 0.333. The Morgan fingerprint density at radius 1 is 1.39 bits per heavy atom. The van der Waals surface area contributed by atoms with E-state index in [4.69, 9.17) is 0 Å². The summed E-state index contributed by atoms with van der Waals surface area (Å²) in [6.45, 7) is 1.69. The van der Waals surface area contributed by atoms with E-state index in [0.717, 1.165) is 6.20 Å². The minimum absolute atomic E-state index is 0.0898. The summed E-state index contributed by atoms with van der Waals surface area (Å²) in [7, 11) is 0. The van der Waals surface area contributed by atoms with E-state index < -0.39 is 28.3 Å². The Balaban J connectivity index is 2.77. The van der Waals surface area contributed by atoms with Crippen molar-refractivity contribution in [1.29, 1.82) is 0 Å². The number of H-pyrrole nitrogens is 1. The van der Waals surface area contributed by atoms with Crippen LogP contribution in [-0.4, -0.2) is 17.6 Å². The maximum absolute atomic E-state index is 13.6. The second kappa shape index (κ2) is 4.72. The average molecular weight is 255 g/mol. The largest absolute Gasteiger partial charge is 0.462 e. The molecule has 1 aromatic rings. The third-order valence-corrected chi connectivity index (χ3v) is 2.68. The van der Waals surface area contributed by atoms with Crippen LogP contribution in [0.2, 0.25) is 0 Å². The molecule has 1 aliphatic rings. The summed E-state index contributed by atoms with van der Waals surface area (Å²) in [6, 6.07) is 0. The fourth-order valence-electron chi connectivity index (χ4n) is 1.83. The van der Waals surface area contributed by atoms with Crippen molar-refractivity contribution < 1.29 is 18.3 Å². The van der Waals surface area contributed by atoms with Gasteiger partial charge in [0.1, 0.15) is 17.2 Å². The van der Waals surface area contributed by atoms with Crippen LogP contribution in [0.1, 0.15) is 30.1 Å². The first-order chi connectivity index (χ1) is 8.56. The molecule has 4 nitrogen and oxygen atoms in total. The Morgan fingerprint density at radius 2 is 2.06 bits per heavy atom. The number of fused-ring (bicyclic) bond motifs is 1. The van der Waals surface area contributed by atoms with Crippen LogP contribution in [0.3, 0.4) is 0 Å². The van der Waals surface area contributed by atoms with Gasteiger partial charge < -0.3 is 9.72 Å². The van der Waals surface area contributed by atoms with Crippen LogP contribution in [0.5, 0.6) is 0 Å². The number of hydrogen-bond acceptors (Lipinski definition) is 3. The number of carbonyl (C=O) groups excluding carboxylic acids is 1. The number of nitrogens with one attached hydrogen (secondary N) is 1. The minimum atomic E-state index is -0.847. The molecule has 1 N–H and O–H groups in total. The standard InChI is InChI=1S/C12H11F2NO3/c1-2-18-12(17)6-5-15-10-8(14)4-3-7(13)9(10)11(6)16/h5,15H,2-4H2,1H3. The molecule has 1 heterocycles. The van der Waals surface area contributed by atoms with Crippen LogP contribution < -0.4 is 16.0 Å². The number of esters is 1. The first kappa shape index (κ1) is 12.5. The molecule has 18 heavy (non-hydrogen) atoms. The molecular formula is C12H11F2NO3. The van der Waals surface area contributed by atoms with Gasteiger partial charge in [-0.25, -0.2) is 13.6 Å². The number of carbonyl (C=O) groups is 1. The highest BCUT2D eigenvalue weighted by Crippen LogP contribution is 2.14. The van der Waals surface area contributed by atoms with E-state index in [9.17, 15) is 18.4 Å². The molecular weight excluding hydrogens is 244 g/mol. The lowest BCUT2D eigenvalue weighted by Gasteiger charge is -2.07. The smallest absolute Gasteiger partial charge is 0.343 e. The molecule has 0 aliphatic heterocycles. The number of hydrogen-bond donors (Lipinski definition) is 1. The average Bonchev–Trinajstić information content (AvgIpc) is 2.34. The summed E-state index contributed by atoms with van der Waals surface area (Å²) in [5, 5.41) is -0.582. The van der Waals surface area contributed by atoms with Crippen LogP contribution >= 0.6 is 0 Å². The summed E-state index contributed by atoms with van der Waals surface area (Å²) in [6.07, 6.45) is 0.791. The number of aromatic nitrogens is 1. The Kier molecular flexibility index (Phi) is 3.27. The maximum Gasteiger partial charge on any atom is 0.343 e. The van der Waals surface area contributed by atoms with Crippen LogP contribution in [0.15, 0.2) is 11.0 Å². The first-order valence-electron chi connectivity index (χ1n) is 5.52. The van der Waals surface area contributed by atoms with Gasteiger partial charge in [-0.3, -0.25) is 4.79 Å². The van der Waals surface area contributed by atoms with Gasteiger partial charge in [0.15, 0.2) is 0 Å². The fourth-order valence-corrected chi connectivity index (χ4v) is 1.83. The van der Waals surface area contributed by atoms with E-state index >= 15 is 0 Å². The molecule has 0 atom stereocenters. The second-order valence-electron chi connectivity index (χ2n) is 3.81. The van der Waals surface area contributed by atoms with Crippen LogP contribution in [0.4, 0.5) is 8.78 Å². The van der Waals surface area contributed by atoms with Gasteiger partial charge in [0, 0.05) is 19.0 Å². The highest BCUT2D eigenvalue weighted by Gasteiger charge is 2.19. The monoisotopic (exact) mass is 255 g/mol. The van der Waals surface area contributed by atoms with Crippen LogP contribution in [-0.2, 0) is 4.74 Å². The number of pyridine rings is 1. The molecule has 2 rings (SSSR count). The van der Waals surface area contributed by atoms with E-state index in [-0.39, 0.29) is 30.4 Å². The van der Waals surface area contributed by atoms with Crippen molar-refractivity contribution in [2.24, 2.45) is 0 Å². The molecule has 6 heteroatoms. The molecule has 0 saturated carbocycles. The Morgan fingerprint density at radius 3 is 2.72 bits per heavy atom. The van der Waals surface area contributed by atoms with Gasteiger partial charge in [0.05, 0.1) is 17.2 Å². The second-order valence-corrected chi connectivity index (χ2v) is 3.81. The number of rotatable bonds is 2. The minimum Gasteiger partial charge on any atom is -0.462 e. The molecule has 1 aromatic heterocycles. The summed E-state index contributed by atoms with van der Waals surface area (Å²) in [5.41, 5.74) is -1.16. The van der Waals surface area contributed by atoms with Gasteiger partial charge >= 0.3 is 5.97 Å². The molecule has 0 saturated heterocycles. The Hall–Kier alpha value is -1.98. The zero-order valence-corrected chi connectivity index (χ0v) is 9.68. The van der Waals surface area contributed by atoms with Gasteiger partial charge in [-0.05, 0) is 6.92 Å². The molecule has 0 bridgehead atoms. The SMILES string of the molecule is CCOC(=O)c1c[nH]c2c(c1=O)=C(F)CCC=2F. The lowest BCUT2D eigenvalue weighted by atomic mass is 10.1. The molecule has 0 fully saturated rings. The van der Waals surface area contributed by atoms with Crippen LogP contribution in [0, 0.1) is 0 Å². The van der Waals surface area contributed by atoms with Crippen molar-refractivity contribution in [2.75, 3.05) is 6.61 Å². The molecule has 1 aliphatic carbocycles. The normalized spacial score (nSPS) is 14.4. The van der Waals surface area contributed by atoms with Gasteiger partial charge in [-0.2, -0.15) is 0 Å². The number of halogens is 2. The highest BCUT2D eigenvalue weighted by atomic mass is 19.1. The predicted molar refractivity (Wildman–Crippen MR) is 60.5 cm³/mol. The van der Waals surface area contributed by atoms with Crippen molar-refractivity contribution in [2.45, 2.75) is 19.8 Å². The Labute approximate surface area is 101 Å². The lowest BCUT2D eigenvalue weighted by molar-refractivity contribution is 0.0524. The highest BCUT2D eigenvalue weighted by molar-refractivity contribution is 5.89. The molecule has 0 unspecified atom stereocenters. The van der Waals surface area contributed by atoms with E-state index in [0.29, 0.717) is 0 Å². The zero-order valence-electron chi connectivity index (χ0n) is 9.68. The summed E-state index contributed by atoms with van der Waals surface area (Å²) in [4.78, 5) is 25.8. The van der Waals surface area contributed by atoms with Crippen molar-refractivity contribution in [1.82, 2.24) is 4.98 Å². The van der Waals surface area contributed by atoms with Crippen molar-refractivity contribution in [3.63, 3.8) is 0 Å². The van der Waals surface area contributed by atoms with Crippen LogP contribution in [0.25, 0.3) is 11.7 Å². The molecule has 0 radical (unpaired) electrons. The van der Waals surface area contributed by atoms with Crippen molar-refractivity contribution >= 4 is 17.6 Å². The summed E-state index contributed by atoms with van der Waals surface area (Å²) in [5.74, 6) is -2.14. The van der Waals surface area contributed by atoms with Gasteiger partial charge in [0.25, 0.3) is 0 Å². The molecule has 0 aromatic carbocycles. The third kappa shape index (κ3) is 1.94. The topological polar surface area (TPSA) is 59.2 Å². The number of aromatic amines is 1. The maximum atomic E-state index is 13.6. The molecule has 0 amide bonds. The van der Waals surface area contributed by atoms with Gasteiger partial charge in [-0.15, -0.1) is 0 Å². The zero-order chi connectivity index (χ0) is 13.3. The van der Waals surface area contributed by atoms with Gasteiger partial charge in [0.2, 0.25) is 5.43 Å². The van der Waals surface area contributed by atoms with E-state index in [1.54, 1.807) is 6.92 Å². The quantitative estimate of drug-likeness (QED) is 0.783. The van der Waals surface area contributed by atoms with Crippen molar-refractivity contribution in [3.8, 4) is 0 Å². The Bertz CT molecular complexity index is 676. The van der Waals surface area contributed by atoms with E-state index in [1.165, 1.54) is 0 Å². The molecule has 96 valence electrons.